The van der Waals surface area contributed by atoms with Crippen LogP contribution in [0.2, 0.25) is 5.02 Å². The first-order chi connectivity index (χ1) is 8.72. The average molecular weight is 329 g/mol. The molecular formula is C11H11BrClN5. The van der Waals surface area contributed by atoms with Crippen LogP contribution in [0.4, 0.5) is 5.95 Å². The van der Waals surface area contributed by atoms with Gasteiger partial charge in [-0.15, -0.1) is 0 Å². The summed E-state index contributed by atoms with van der Waals surface area (Å²) in [6.45, 7) is 1.81. The topological polar surface area (TPSA) is 46.8 Å². The molecule has 1 saturated heterocycles. The molecule has 0 aromatic carbocycles. The molecule has 1 unspecified atom stereocenters. The van der Waals surface area contributed by atoms with E-state index in [1.54, 1.807) is 18.6 Å². The summed E-state index contributed by atoms with van der Waals surface area (Å²) < 4.78 is 2.99. The summed E-state index contributed by atoms with van der Waals surface area (Å²) >= 11 is 9.19. The zero-order chi connectivity index (χ0) is 12.5. The van der Waals surface area contributed by atoms with E-state index in [0.717, 1.165) is 29.9 Å². The van der Waals surface area contributed by atoms with Crippen molar-refractivity contribution in [2.45, 2.75) is 12.5 Å². The van der Waals surface area contributed by atoms with Gasteiger partial charge < -0.3 is 4.90 Å². The first-order valence-corrected chi connectivity index (χ1v) is 6.81. The molecule has 1 fully saturated rings. The summed E-state index contributed by atoms with van der Waals surface area (Å²) in [5.74, 6) is 0.730. The van der Waals surface area contributed by atoms with Crippen molar-refractivity contribution in [2.24, 2.45) is 0 Å². The molecule has 0 radical (unpaired) electrons. The molecule has 1 atom stereocenters. The van der Waals surface area contributed by atoms with Gasteiger partial charge in [0, 0.05) is 19.3 Å². The Hall–Kier alpha value is -1.14. The summed E-state index contributed by atoms with van der Waals surface area (Å²) in [6.07, 6.45) is 8.10. The monoisotopic (exact) mass is 327 g/mol. The maximum Gasteiger partial charge on any atom is 0.225 e. The average Bonchev–Trinajstić information content (AvgIpc) is 2.98. The van der Waals surface area contributed by atoms with Crippen LogP contribution < -0.4 is 4.90 Å². The summed E-state index contributed by atoms with van der Waals surface area (Å²) in [7, 11) is 0. The largest absolute Gasteiger partial charge is 0.339 e. The van der Waals surface area contributed by atoms with E-state index >= 15 is 0 Å². The lowest BCUT2D eigenvalue weighted by Crippen LogP contribution is -2.23. The van der Waals surface area contributed by atoms with Gasteiger partial charge in [0.2, 0.25) is 5.95 Å². The van der Waals surface area contributed by atoms with Gasteiger partial charge in [0.15, 0.2) is 0 Å². The van der Waals surface area contributed by atoms with Crippen LogP contribution in [0.3, 0.4) is 0 Å². The number of halogens is 2. The second-order valence-corrected chi connectivity index (χ2v) is 5.58. The van der Waals surface area contributed by atoms with E-state index in [4.69, 9.17) is 11.6 Å². The normalized spacial score (nSPS) is 19.4. The van der Waals surface area contributed by atoms with Crippen LogP contribution in [0.5, 0.6) is 0 Å². The maximum absolute atomic E-state index is 5.78. The molecule has 0 bridgehead atoms. The maximum atomic E-state index is 5.78. The lowest BCUT2D eigenvalue weighted by Gasteiger charge is -2.16. The van der Waals surface area contributed by atoms with E-state index in [-0.39, 0.29) is 0 Å². The van der Waals surface area contributed by atoms with Crippen LogP contribution in [-0.4, -0.2) is 32.8 Å². The van der Waals surface area contributed by atoms with E-state index in [1.807, 2.05) is 10.9 Å². The molecule has 0 aliphatic carbocycles. The molecule has 2 aromatic heterocycles. The van der Waals surface area contributed by atoms with Gasteiger partial charge in [-0.25, -0.2) is 9.97 Å². The van der Waals surface area contributed by atoms with E-state index in [1.165, 1.54) is 0 Å². The predicted molar refractivity (Wildman–Crippen MR) is 72.8 cm³/mol. The van der Waals surface area contributed by atoms with Gasteiger partial charge in [-0.05, 0) is 22.4 Å². The Balaban J connectivity index is 1.73. The lowest BCUT2D eigenvalue weighted by atomic mass is 10.3. The summed E-state index contributed by atoms with van der Waals surface area (Å²) in [5, 5.41) is 4.88. The van der Waals surface area contributed by atoms with Crippen molar-refractivity contribution in [3.05, 3.63) is 34.3 Å². The second kappa shape index (κ2) is 4.85. The smallest absolute Gasteiger partial charge is 0.225 e. The third kappa shape index (κ3) is 2.35. The molecule has 0 saturated carbocycles. The lowest BCUT2D eigenvalue weighted by molar-refractivity contribution is 0.494. The van der Waals surface area contributed by atoms with Crippen LogP contribution in [0.1, 0.15) is 12.5 Å². The number of nitrogens with zero attached hydrogens (tertiary/aromatic N) is 5. The first kappa shape index (κ1) is 11.9. The van der Waals surface area contributed by atoms with Gasteiger partial charge in [0.1, 0.15) is 0 Å². The standard InChI is InChI=1S/C11H11BrClN5/c12-8-3-16-18(6-8)10-1-2-17(7-10)11-14-4-9(13)5-15-11/h3-6,10H,1-2,7H2. The van der Waals surface area contributed by atoms with Crippen LogP contribution in [0.25, 0.3) is 0 Å². The van der Waals surface area contributed by atoms with Crippen molar-refractivity contribution < 1.29 is 0 Å². The molecule has 3 heterocycles. The van der Waals surface area contributed by atoms with E-state index in [0.29, 0.717) is 11.1 Å². The van der Waals surface area contributed by atoms with Crippen molar-refractivity contribution >= 4 is 33.5 Å². The number of aromatic nitrogens is 4. The third-order valence-corrected chi connectivity index (χ3v) is 3.60. The van der Waals surface area contributed by atoms with Crippen LogP contribution in [0.15, 0.2) is 29.3 Å². The first-order valence-electron chi connectivity index (χ1n) is 5.64. The van der Waals surface area contributed by atoms with Crippen molar-refractivity contribution in [1.29, 1.82) is 0 Å². The Bertz CT molecular complexity index is 541. The van der Waals surface area contributed by atoms with Crippen molar-refractivity contribution in [3.63, 3.8) is 0 Å². The van der Waals surface area contributed by atoms with Crippen LogP contribution >= 0.6 is 27.5 Å². The molecule has 5 nitrogen and oxygen atoms in total. The molecule has 0 amide bonds. The number of rotatable bonds is 2. The van der Waals surface area contributed by atoms with Gasteiger partial charge in [0.25, 0.3) is 0 Å². The predicted octanol–water partition coefficient (Wildman–Crippen LogP) is 2.54. The van der Waals surface area contributed by atoms with Gasteiger partial charge in [-0.3, -0.25) is 4.68 Å². The highest BCUT2D eigenvalue weighted by Gasteiger charge is 2.26. The highest BCUT2D eigenvalue weighted by molar-refractivity contribution is 9.10. The van der Waals surface area contributed by atoms with Crippen molar-refractivity contribution in [2.75, 3.05) is 18.0 Å². The van der Waals surface area contributed by atoms with Gasteiger partial charge >= 0.3 is 0 Å². The molecule has 7 heteroatoms. The molecule has 0 spiro atoms. The summed E-state index contributed by atoms with van der Waals surface area (Å²) in [4.78, 5) is 10.6. The highest BCUT2D eigenvalue weighted by atomic mass is 79.9. The number of anilines is 1. The second-order valence-electron chi connectivity index (χ2n) is 4.23. The van der Waals surface area contributed by atoms with Crippen molar-refractivity contribution in [3.8, 4) is 0 Å². The Morgan fingerprint density at radius 2 is 2.06 bits per heavy atom. The zero-order valence-electron chi connectivity index (χ0n) is 9.50. The van der Waals surface area contributed by atoms with Crippen LogP contribution in [0, 0.1) is 0 Å². The minimum Gasteiger partial charge on any atom is -0.339 e. The Kier molecular flexibility index (Phi) is 3.22. The minimum atomic E-state index is 0.371. The fourth-order valence-electron chi connectivity index (χ4n) is 2.12. The molecular weight excluding hydrogens is 318 g/mol. The molecule has 94 valence electrons. The molecule has 1 aliphatic heterocycles. The van der Waals surface area contributed by atoms with Crippen molar-refractivity contribution in [1.82, 2.24) is 19.7 Å². The summed E-state index contributed by atoms with van der Waals surface area (Å²) in [6, 6.07) is 0.371. The Morgan fingerprint density at radius 1 is 1.28 bits per heavy atom. The number of hydrogen-bond acceptors (Lipinski definition) is 4. The highest BCUT2D eigenvalue weighted by Crippen LogP contribution is 2.25. The SMILES string of the molecule is Clc1cnc(N2CCC(n3cc(Br)cn3)C2)nc1. The molecule has 0 N–H and O–H groups in total. The zero-order valence-corrected chi connectivity index (χ0v) is 11.8. The fourth-order valence-corrected chi connectivity index (χ4v) is 2.52. The molecule has 3 rings (SSSR count). The minimum absolute atomic E-state index is 0.371. The van der Waals surface area contributed by atoms with E-state index in [2.05, 4.69) is 35.9 Å². The molecule has 1 aliphatic rings. The van der Waals surface area contributed by atoms with Gasteiger partial charge in [-0.1, -0.05) is 11.6 Å². The fraction of sp³-hybridized carbons (Fsp3) is 0.364. The van der Waals surface area contributed by atoms with Gasteiger partial charge in [0.05, 0.1) is 34.1 Å². The quantitative estimate of drug-likeness (QED) is 0.850. The van der Waals surface area contributed by atoms with E-state index < -0.39 is 0 Å². The molecule has 18 heavy (non-hydrogen) atoms. The molecule has 2 aromatic rings. The summed E-state index contributed by atoms with van der Waals surface area (Å²) in [5.41, 5.74) is 0. The third-order valence-electron chi connectivity index (χ3n) is 3.00. The Morgan fingerprint density at radius 3 is 2.72 bits per heavy atom. The number of hydrogen-bond donors (Lipinski definition) is 0. The van der Waals surface area contributed by atoms with Crippen LogP contribution in [-0.2, 0) is 0 Å². The van der Waals surface area contributed by atoms with Gasteiger partial charge in [-0.2, -0.15) is 5.10 Å². The van der Waals surface area contributed by atoms with E-state index in [9.17, 15) is 0 Å². The Labute approximate surface area is 118 Å².